The second-order valence-corrected chi connectivity index (χ2v) is 9.20. The Labute approximate surface area is 157 Å². The van der Waals surface area contributed by atoms with E-state index >= 15 is 0 Å². The molecule has 0 aliphatic carbocycles. The van der Waals surface area contributed by atoms with Gasteiger partial charge in [-0.2, -0.15) is 0 Å². The number of hydrogen-bond donors (Lipinski definition) is 2. The molecule has 10 heteroatoms. The van der Waals surface area contributed by atoms with E-state index in [1.54, 1.807) is 32.0 Å². The fourth-order valence-electron chi connectivity index (χ4n) is 2.53. The largest absolute Gasteiger partial charge is 0.356 e. The Morgan fingerprint density at radius 3 is 2.15 bits per heavy atom. The lowest BCUT2D eigenvalue weighted by atomic mass is 10.1. The van der Waals surface area contributed by atoms with Gasteiger partial charge in [0.15, 0.2) is 5.76 Å². The molecular formula is C17H17N3O5S2. The number of rotatable bonds is 5. The van der Waals surface area contributed by atoms with Gasteiger partial charge in [0.05, 0.1) is 15.5 Å². The van der Waals surface area contributed by atoms with E-state index in [-0.39, 0.29) is 15.5 Å². The zero-order valence-corrected chi connectivity index (χ0v) is 16.1. The van der Waals surface area contributed by atoms with Crippen LogP contribution in [0.5, 0.6) is 0 Å². The van der Waals surface area contributed by atoms with Crippen LogP contribution in [0.1, 0.15) is 11.3 Å². The van der Waals surface area contributed by atoms with Crippen LogP contribution in [0.15, 0.2) is 62.8 Å². The maximum absolute atomic E-state index is 12.7. The first kappa shape index (κ1) is 19.1. The highest BCUT2D eigenvalue weighted by molar-refractivity contribution is 7.92. The normalized spacial score (nSPS) is 12.1. The fraction of sp³-hybridized carbons (Fsp3) is 0.118. The second-order valence-electron chi connectivity index (χ2n) is 5.99. The number of hydrogen-bond acceptors (Lipinski definition) is 6. The van der Waals surface area contributed by atoms with E-state index in [1.165, 1.54) is 30.3 Å². The Balaban J connectivity index is 1.88. The third-order valence-corrected chi connectivity index (χ3v) is 6.28. The molecule has 0 unspecified atom stereocenters. The Kier molecular flexibility index (Phi) is 4.81. The lowest BCUT2D eigenvalue weighted by Crippen LogP contribution is -2.15. The van der Waals surface area contributed by atoms with Crippen LogP contribution in [0, 0.1) is 13.8 Å². The number of nitrogens with two attached hydrogens (primary N) is 1. The molecule has 3 aromatic rings. The molecule has 0 atom stereocenters. The van der Waals surface area contributed by atoms with Gasteiger partial charge in [-0.15, -0.1) is 0 Å². The Morgan fingerprint density at radius 1 is 0.963 bits per heavy atom. The van der Waals surface area contributed by atoms with E-state index in [4.69, 9.17) is 9.66 Å². The van der Waals surface area contributed by atoms with Crippen molar-refractivity contribution >= 4 is 25.7 Å². The summed E-state index contributed by atoms with van der Waals surface area (Å²) < 4.78 is 55.5. The monoisotopic (exact) mass is 407 g/mol. The molecule has 27 heavy (non-hydrogen) atoms. The summed E-state index contributed by atoms with van der Waals surface area (Å²) in [7, 11) is -7.71. The number of anilines is 1. The van der Waals surface area contributed by atoms with Crippen LogP contribution in [0.4, 0.5) is 5.69 Å². The summed E-state index contributed by atoms with van der Waals surface area (Å²) >= 11 is 0. The number of nitrogens with zero attached hydrogens (tertiary/aromatic N) is 1. The van der Waals surface area contributed by atoms with Gasteiger partial charge in [-0.1, -0.05) is 5.16 Å². The Hall–Kier alpha value is -2.69. The summed E-state index contributed by atoms with van der Waals surface area (Å²) in [6.45, 7) is 3.47. The van der Waals surface area contributed by atoms with Crippen molar-refractivity contribution in [2.24, 2.45) is 5.14 Å². The quantitative estimate of drug-likeness (QED) is 0.667. The third kappa shape index (κ3) is 4.18. The smallest absolute Gasteiger partial charge is 0.262 e. The topological polar surface area (TPSA) is 132 Å². The van der Waals surface area contributed by atoms with Gasteiger partial charge < -0.3 is 4.52 Å². The summed E-state index contributed by atoms with van der Waals surface area (Å²) in [6, 6.07) is 11.7. The van der Waals surface area contributed by atoms with Gasteiger partial charge in [0, 0.05) is 17.3 Å². The number of aryl methyl sites for hydroxylation is 2. The van der Waals surface area contributed by atoms with Gasteiger partial charge in [0.2, 0.25) is 10.0 Å². The molecule has 1 heterocycles. The third-order valence-electron chi connectivity index (χ3n) is 3.81. The molecule has 1 aromatic heterocycles. The highest BCUT2D eigenvalue weighted by Crippen LogP contribution is 2.26. The van der Waals surface area contributed by atoms with E-state index in [9.17, 15) is 16.8 Å². The van der Waals surface area contributed by atoms with E-state index < -0.39 is 20.0 Å². The zero-order chi connectivity index (χ0) is 19.8. The average molecular weight is 407 g/mol. The van der Waals surface area contributed by atoms with Crippen LogP contribution in [0.3, 0.4) is 0 Å². The molecule has 0 fully saturated rings. The van der Waals surface area contributed by atoms with Crippen molar-refractivity contribution in [3.05, 3.63) is 59.8 Å². The van der Waals surface area contributed by atoms with Gasteiger partial charge in [-0.3, -0.25) is 4.72 Å². The summed E-state index contributed by atoms with van der Waals surface area (Å²) in [5.41, 5.74) is 2.18. The lowest BCUT2D eigenvalue weighted by Gasteiger charge is -2.11. The van der Waals surface area contributed by atoms with Crippen molar-refractivity contribution in [1.82, 2.24) is 5.16 Å². The molecule has 0 bridgehead atoms. The summed E-state index contributed by atoms with van der Waals surface area (Å²) in [4.78, 5) is -0.00802. The van der Waals surface area contributed by atoms with Crippen molar-refractivity contribution in [3.8, 4) is 11.3 Å². The molecule has 142 valence electrons. The number of nitrogens with one attached hydrogen (secondary N) is 1. The highest BCUT2D eigenvalue weighted by atomic mass is 32.2. The van der Waals surface area contributed by atoms with Crippen LogP contribution in [-0.2, 0) is 20.0 Å². The number of primary sulfonamides is 1. The van der Waals surface area contributed by atoms with Gasteiger partial charge in [-0.25, -0.2) is 22.0 Å². The molecule has 3 N–H and O–H groups in total. The van der Waals surface area contributed by atoms with Crippen LogP contribution in [-0.4, -0.2) is 22.0 Å². The minimum Gasteiger partial charge on any atom is -0.356 e. The molecule has 0 aliphatic rings. The van der Waals surface area contributed by atoms with Crippen molar-refractivity contribution < 1.29 is 21.4 Å². The van der Waals surface area contributed by atoms with Gasteiger partial charge >= 0.3 is 0 Å². The molecule has 0 radical (unpaired) electrons. The first-order valence-corrected chi connectivity index (χ1v) is 10.8. The van der Waals surface area contributed by atoms with E-state index in [2.05, 4.69) is 9.88 Å². The molecule has 0 amide bonds. The number of sulfonamides is 2. The van der Waals surface area contributed by atoms with Crippen LogP contribution >= 0.6 is 0 Å². The van der Waals surface area contributed by atoms with Gasteiger partial charge in [0.1, 0.15) is 0 Å². The molecule has 3 rings (SSSR count). The SMILES string of the molecule is Cc1cc(-c2ccc(S(=O)(=O)Nc3ccc(S(N)(=O)=O)cc3)c(C)c2)on1. The lowest BCUT2D eigenvalue weighted by molar-refractivity contribution is 0.427. The minimum atomic E-state index is -3.86. The molecule has 8 nitrogen and oxygen atoms in total. The summed E-state index contributed by atoms with van der Waals surface area (Å²) in [5, 5.41) is 8.85. The maximum Gasteiger partial charge on any atom is 0.262 e. The van der Waals surface area contributed by atoms with Crippen LogP contribution < -0.4 is 9.86 Å². The number of aromatic nitrogens is 1. The predicted octanol–water partition coefficient (Wildman–Crippen LogP) is 2.41. The van der Waals surface area contributed by atoms with Crippen molar-refractivity contribution in [2.75, 3.05) is 4.72 Å². The van der Waals surface area contributed by atoms with Crippen molar-refractivity contribution in [2.45, 2.75) is 23.6 Å². The molecule has 0 aliphatic heterocycles. The average Bonchev–Trinajstić information content (AvgIpc) is 3.00. The van der Waals surface area contributed by atoms with Gasteiger partial charge in [-0.05, 0) is 61.9 Å². The highest BCUT2D eigenvalue weighted by Gasteiger charge is 2.18. The minimum absolute atomic E-state index is 0.0954. The molecule has 0 saturated carbocycles. The first-order chi connectivity index (χ1) is 12.6. The standard InChI is InChI=1S/C17H17N3O5S2/c1-11-9-13(16-10-12(2)19-25-16)3-8-17(11)27(23,24)20-14-4-6-15(7-5-14)26(18,21)22/h3-10,20H,1-2H3,(H2,18,21,22). The van der Waals surface area contributed by atoms with E-state index in [1.807, 2.05) is 0 Å². The molecule has 2 aromatic carbocycles. The summed E-state index contributed by atoms with van der Waals surface area (Å²) in [6.07, 6.45) is 0. The molecule has 0 saturated heterocycles. The summed E-state index contributed by atoms with van der Waals surface area (Å²) in [5.74, 6) is 0.547. The van der Waals surface area contributed by atoms with Crippen LogP contribution in [0.25, 0.3) is 11.3 Å². The maximum atomic E-state index is 12.7. The first-order valence-electron chi connectivity index (χ1n) is 7.76. The number of benzene rings is 2. The second kappa shape index (κ2) is 6.80. The molecular weight excluding hydrogens is 390 g/mol. The Bertz CT molecular complexity index is 1200. The van der Waals surface area contributed by atoms with Crippen LogP contribution in [0.2, 0.25) is 0 Å². The van der Waals surface area contributed by atoms with E-state index in [0.717, 1.165) is 5.69 Å². The fourth-order valence-corrected chi connectivity index (χ4v) is 4.33. The predicted molar refractivity (Wildman–Crippen MR) is 100 cm³/mol. The molecule has 0 spiro atoms. The zero-order valence-electron chi connectivity index (χ0n) is 14.5. The van der Waals surface area contributed by atoms with Gasteiger partial charge in [0.25, 0.3) is 10.0 Å². The van der Waals surface area contributed by atoms with Crippen molar-refractivity contribution in [3.63, 3.8) is 0 Å². The van der Waals surface area contributed by atoms with Crippen molar-refractivity contribution in [1.29, 1.82) is 0 Å². The Morgan fingerprint density at radius 2 is 1.63 bits per heavy atom. The van der Waals surface area contributed by atoms with E-state index in [0.29, 0.717) is 16.9 Å².